The van der Waals surface area contributed by atoms with Gasteiger partial charge in [0.25, 0.3) is 0 Å². The van der Waals surface area contributed by atoms with Gasteiger partial charge < -0.3 is 10.0 Å². The molecular formula is C5H5BClF3N2O2. The summed E-state index contributed by atoms with van der Waals surface area (Å²) in [6.07, 6.45) is -4.73. The van der Waals surface area contributed by atoms with Crippen molar-refractivity contribution in [1.82, 2.24) is 9.78 Å². The minimum Gasteiger partial charge on any atom is -0.423 e. The fraction of sp³-hybridized carbons (Fsp3) is 0.400. The van der Waals surface area contributed by atoms with Crippen LogP contribution in [0.1, 0.15) is 5.69 Å². The Hall–Kier alpha value is -0.725. The van der Waals surface area contributed by atoms with Crippen LogP contribution in [-0.4, -0.2) is 26.9 Å². The van der Waals surface area contributed by atoms with Gasteiger partial charge in [0.1, 0.15) is 5.69 Å². The quantitative estimate of drug-likeness (QED) is 0.653. The maximum atomic E-state index is 12.3. The lowest BCUT2D eigenvalue weighted by Gasteiger charge is -2.08. The molecule has 2 N–H and O–H groups in total. The van der Waals surface area contributed by atoms with Gasteiger partial charge in [-0.3, -0.25) is 4.68 Å². The smallest absolute Gasteiger partial charge is 0.423 e. The van der Waals surface area contributed by atoms with Gasteiger partial charge in [0.15, 0.2) is 5.15 Å². The summed E-state index contributed by atoms with van der Waals surface area (Å²) in [6.45, 7) is 0. The van der Waals surface area contributed by atoms with E-state index in [1.54, 1.807) is 0 Å². The second-order valence-electron chi connectivity index (χ2n) is 2.55. The van der Waals surface area contributed by atoms with Gasteiger partial charge in [-0.05, 0) is 0 Å². The van der Waals surface area contributed by atoms with Crippen LogP contribution in [0.15, 0.2) is 0 Å². The Bertz CT molecular complexity index is 351. The lowest BCUT2D eigenvalue weighted by Crippen LogP contribution is -2.36. The molecule has 0 atom stereocenters. The van der Waals surface area contributed by atoms with E-state index in [1.165, 1.54) is 0 Å². The fourth-order valence-electron chi connectivity index (χ4n) is 1.07. The Kier molecular flexibility index (Phi) is 2.80. The highest BCUT2D eigenvalue weighted by atomic mass is 35.5. The summed E-state index contributed by atoms with van der Waals surface area (Å²) < 4.78 is 37.5. The summed E-state index contributed by atoms with van der Waals surface area (Å²) in [6, 6.07) is 0. The van der Waals surface area contributed by atoms with E-state index >= 15 is 0 Å². The molecule has 1 aromatic rings. The van der Waals surface area contributed by atoms with E-state index in [-0.39, 0.29) is 0 Å². The summed E-state index contributed by atoms with van der Waals surface area (Å²) in [5.41, 5.74) is -2.10. The number of aryl methyl sites for hydroxylation is 1. The van der Waals surface area contributed by atoms with Crippen LogP contribution in [0.2, 0.25) is 5.15 Å². The molecule has 0 radical (unpaired) electrons. The summed E-state index contributed by atoms with van der Waals surface area (Å²) in [5, 5.41) is 20.0. The number of halogens is 4. The first kappa shape index (κ1) is 11.4. The van der Waals surface area contributed by atoms with Crippen molar-refractivity contribution in [2.45, 2.75) is 6.18 Å². The van der Waals surface area contributed by atoms with Gasteiger partial charge in [-0.15, -0.1) is 0 Å². The van der Waals surface area contributed by atoms with Crippen LogP contribution in [-0.2, 0) is 13.2 Å². The second-order valence-corrected chi connectivity index (χ2v) is 2.91. The van der Waals surface area contributed by atoms with Crippen molar-refractivity contribution in [2.24, 2.45) is 7.05 Å². The molecule has 14 heavy (non-hydrogen) atoms. The molecule has 0 bridgehead atoms. The number of hydrogen-bond donors (Lipinski definition) is 2. The molecule has 0 saturated heterocycles. The van der Waals surface area contributed by atoms with Gasteiger partial charge in [-0.25, -0.2) is 0 Å². The molecule has 9 heteroatoms. The summed E-state index contributed by atoms with van der Waals surface area (Å²) in [5.74, 6) is 0. The monoisotopic (exact) mass is 228 g/mol. The minimum absolute atomic E-state index is 0.455. The molecule has 0 fully saturated rings. The highest BCUT2D eigenvalue weighted by molar-refractivity contribution is 6.63. The molecule has 0 aliphatic heterocycles. The van der Waals surface area contributed by atoms with Gasteiger partial charge in [0.2, 0.25) is 0 Å². The zero-order chi connectivity index (χ0) is 11.1. The predicted octanol–water partition coefficient (Wildman–Crippen LogP) is -0.228. The standard InChI is InChI=1S/C5H5BClF3N2O2/c1-12-3(5(8,9)10)2(6(13)14)4(7)11-12/h13-14H,1H3. The van der Waals surface area contributed by atoms with Gasteiger partial charge in [0, 0.05) is 7.05 Å². The van der Waals surface area contributed by atoms with Crippen molar-refractivity contribution in [3.63, 3.8) is 0 Å². The minimum atomic E-state index is -4.73. The first-order chi connectivity index (χ1) is 6.25. The number of hydrogen-bond acceptors (Lipinski definition) is 3. The molecule has 1 aromatic heterocycles. The molecule has 4 nitrogen and oxygen atoms in total. The lowest BCUT2D eigenvalue weighted by molar-refractivity contribution is -0.142. The van der Waals surface area contributed by atoms with Crippen LogP contribution in [0, 0.1) is 0 Å². The maximum Gasteiger partial charge on any atom is 0.493 e. The van der Waals surface area contributed by atoms with Crippen LogP contribution in [0.3, 0.4) is 0 Å². The topological polar surface area (TPSA) is 58.3 Å². The van der Waals surface area contributed by atoms with Crippen LogP contribution in [0.5, 0.6) is 0 Å². The Morgan fingerprint density at radius 1 is 1.43 bits per heavy atom. The average Bonchev–Trinajstić information content (AvgIpc) is 2.23. The van der Waals surface area contributed by atoms with Crippen LogP contribution in [0.25, 0.3) is 0 Å². The van der Waals surface area contributed by atoms with Crippen molar-refractivity contribution in [3.05, 3.63) is 10.8 Å². The number of rotatable bonds is 1. The van der Waals surface area contributed by atoms with E-state index < -0.39 is 29.6 Å². The second kappa shape index (κ2) is 3.45. The van der Waals surface area contributed by atoms with Crippen molar-refractivity contribution < 1.29 is 23.2 Å². The third-order valence-corrected chi connectivity index (χ3v) is 1.84. The van der Waals surface area contributed by atoms with Gasteiger partial charge >= 0.3 is 13.3 Å². The zero-order valence-corrected chi connectivity index (χ0v) is 7.63. The van der Waals surface area contributed by atoms with Crippen molar-refractivity contribution in [2.75, 3.05) is 0 Å². The number of aromatic nitrogens is 2. The zero-order valence-electron chi connectivity index (χ0n) is 6.88. The third-order valence-electron chi connectivity index (χ3n) is 1.57. The molecule has 78 valence electrons. The predicted molar refractivity (Wildman–Crippen MR) is 43.0 cm³/mol. The third kappa shape index (κ3) is 1.86. The largest absolute Gasteiger partial charge is 0.493 e. The Morgan fingerprint density at radius 3 is 2.21 bits per heavy atom. The Balaban J connectivity index is 3.40. The Morgan fingerprint density at radius 2 is 1.93 bits per heavy atom. The fourth-order valence-corrected chi connectivity index (χ4v) is 1.37. The Labute approximate surface area is 82.0 Å². The molecule has 0 spiro atoms. The summed E-state index contributed by atoms with van der Waals surface area (Å²) >= 11 is 5.30. The van der Waals surface area contributed by atoms with E-state index in [1.807, 2.05) is 0 Å². The molecule has 1 rings (SSSR count). The molecule has 0 aliphatic rings. The number of nitrogens with zero attached hydrogens (tertiary/aromatic N) is 2. The molecule has 0 aromatic carbocycles. The first-order valence-electron chi connectivity index (χ1n) is 3.41. The van der Waals surface area contributed by atoms with Gasteiger partial charge in [-0.2, -0.15) is 18.3 Å². The van der Waals surface area contributed by atoms with E-state index in [0.717, 1.165) is 7.05 Å². The molecule has 0 saturated carbocycles. The molecule has 1 heterocycles. The summed E-state index contributed by atoms with van der Waals surface area (Å²) in [7, 11) is -1.28. The first-order valence-corrected chi connectivity index (χ1v) is 3.78. The molecule has 0 unspecified atom stereocenters. The van der Waals surface area contributed by atoms with Crippen LogP contribution >= 0.6 is 11.6 Å². The van der Waals surface area contributed by atoms with E-state index in [4.69, 9.17) is 21.6 Å². The normalized spacial score (nSPS) is 11.9. The highest BCUT2D eigenvalue weighted by Gasteiger charge is 2.42. The number of alkyl halides is 3. The van der Waals surface area contributed by atoms with Crippen molar-refractivity contribution in [1.29, 1.82) is 0 Å². The van der Waals surface area contributed by atoms with Gasteiger partial charge in [-0.1, -0.05) is 11.6 Å². The van der Waals surface area contributed by atoms with Crippen LogP contribution in [0.4, 0.5) is 13.2 Å². The van der Waals surface area contributed by atoms with Crippen molar-refractivity contribution >= 4 is 24.2 Å². The van der Waals surface area contributed by atoms with Crippen molar-refractivity contribution in [3.8, 4) is 0 Å². The average molecular weight is 228 g/mol. The summed E-state index contributed by atoms with van der Waals surface area (Å²) in [4.78, 5) is 0. The highest BCUT2D eigenvalue weighted by Crippen LogP contribution is 2.29. The molecule has 0 aliphatic carbocycles. The van der Waals surface area contributed by atoms with E-state index in [2.05, 4.69) is 5.10 Å². The van der Waals surface area contributed by atoms with E-state index in [9.17, 15) is 13.2 Å². The van der Waals surface area contributed by atoms with E-state index in [0.29, 0.717) is 4.68 Å². The van der Waals surface area contributed by atoms with Crippen LogP contribution < -0.4 is 5.46 Å². The maximum absolute atomic E-state index is 12.3. The van der Waals surface area contributed by atoms with Gasteiger partial charge in [0.05, 0.1) is 5.46 Å². The molecular weight excluding hydrogens is 223 g/mol. The molecule has 0 amide bonds. The lowest BCUT2D eigenvalue weighted by atomic mass is 9.80. The SMILES string of the molecule is Cn1nc(Cl)c(B(O)O)c1C(F)(F)F.